The molecule has 3 aromatic rings. The Kier molecular flexibility index (Phi) is 4.62. The maximum Gasteiger partial charge on any atom is 0.148 e. The fraction of sp³-hybridized carbons (Fsp3) is 0.238. The van der Waals surface area contributed by atoms with Gasteiger partial charge >= 0.3 is 0 Å². The van der Waals surface area contributed by atoms with Gasteiger partial charge in [-0.05, 0) is 24.6 Å². The zero-order valence-electron chi connectivity index (χ0n) is 16.6. The van der Waals surface area contributed by atoms with Gasteiger partial charge in [-0.25, -0.2) is 4.98 Å². The molecule has 1 aromatic heterocycles. The third-order valence-electron chi connectivity index (χ3n) is 5.11. The number of halogens is 1. The van der Waals surface area contributed by atoms with E-state index < -0.39 is 0 Å². The van der Waals surface area contributed by atoms with Gasteiger partial charge in [-0.3, -0.25) is 5.41 Å². The Morgan fingerprint density at radius 1 is 1.14 bits per heavy atom. The van der Waals surface area contributed by atoms with Gasteiger partial charge in [-0.2, -0.15) is 0 Å². The lowest BCUT2D eigenvalue weighted by Crippen LogP contribution is -2.27. The highest BCUT2D eigenvalue weighted by molar-refractivity contribution is 6.33. The summed E-state index contributed by atoms with van der Waals surface area (Å²) in [6, 6.07) is 9.32. The van der Waals surface area contributed by atoms with Crippen molar-refractivity contribution in [2.24, 2.45) is 7.05 Å². The van der Waals surface area contributed by atoms with Crippen molar-refractivity contribution in [1.82, 2.24) is 9.55 Å². The van der Waals surface area contributed by atoms with Gasteiger partial charge in [0.05, 0.1) is 48.1 Å². The van der Waals surface area contributed by atoms with Crippen molar-refractivity contribution in [2.45, 2.75) is 6.92 Å². The molecule has 0 saturated carbocycles. The lowest BCUT2D eigenvalue weighted by molar-refractivity contribution is 0.400. The van der Waals surface area contributed by atoms with E-state index in [0.29, 0.717) is 33.6 Å². The molecule has 0 aliphatic carbocycles. The number of nitrogens with zero attached hydrogens (tertiary/aromatic N) is 3. The van der Waals surface area contributed by atoms with Crippen LogP contribution < -0.4 is 14.4 Å². The van der Waals surface area contributed by atoms with Crippen LogP contribution in [0.3, 0.4) is 0 Å². The Bertz CT molecular complexity index is 1180. The van der Waals surface area contributed by atoms with Crippen LogP contribution in [0.15, 0.2) is 36.1 Å². The molecule has 0 radical (unpaired) electrons. The van der Waals surface area contributed by atoms with Gasteiger partial charge in [0, 0.05) is 19.2 Å². The van der Waals surface area contributed by atoms with Crippen LogP contribution >= 0.6 is 11.6 Å². The Hall–Kier alpha value is -3.19. The summed E-state index contributed by atoms with van der Waals surface area (Å²) >= 11 is 6.20. The van der Waals surface area contributed by atoms with Crippen LogP contribution in [0.1, 0.15) is 11.4 Å². The number of amidine groups is 1. The molecule has 1 aliphatic heterocycles. The number of aromatic nitrogens is 2. The summed E-state index contributed by atoms with van der Waals surface area (Å²) in [5.41, 5.74) is 3.82. The highest BCUT2D eigenvalue weighted by Crippen LogP contribution is 2.41. The number of benzene rings is 2. The second-order valence-electron chi connectivity index (χ2n) is 6.90. The molecule has 0 atom stereocenters. The summed E-state index contributed by atoms with van der Waals surface area (Å²) in [7, 11) is 4.93. The second-order valence-corrected chi connectivity index (χ2v) is 7.31. The van der Waals surface area contributed by atoms with Gasteiger partial charge in [0.1, 0.15) is 28.9 Å². The standard InChI is InChI=1S/C21H21ClN4O3/c1-11-5-6-14-13(7-11)24-21(25(14)2)19-16(27)10-26(20(19)23)15-9-17(28-3)12(22)8-18(15)29-4/h5-9,23,27H,10H2,1-4H3. The summed E-state index contributed by atoms with van der Waals surface area (Å²) in [6.07, 6.45) is 0. The number of methoxy groups -OCH3 is 2. The van der Waals surface area contributed by atoms with Crippen LogP contribution in [0.2, 0.25) is 5.02 Å². The van der Waals surface area contributed by atoms with Gasteiger partial charge in [0.2, 0.25) is 0 Å². The highest BCUT2D eigenvalue weighted by Gasteiger charge is 2.34. The van der Waals surface area contributed by atoms with E-state index in [1.54, 1.807) is 17.0 Å². The van der Waals surface area contributed by atoms with Crippen molar-refractivity contribution in [3.8, 4) is 11.5 Å². The normalized spacial score (nSPS) is 14.2. The van der Waals surface area contributed by atoms with Crippen molar-refractivity contribution in [3.05, 3.63) is 52.5 Å². The number of anilines is 1. The molecule has 0 amide bonds. The van der Waals surface area contributed by atoms with Gasteiger partial charge in [-0.15, -0.1) is 0 Å². The van der Waals surface area contributed by atoms with E-state index in [4.69, 9.17) is 26.5 Å². The number of aryl methyl sites for hydroxylation is 2. The lowest BCUT2D eigenvalue weighted by Gasteiger charge is -2.22. The average molecular weight is 413 g/mol. The minimum atomic E-state index is 0.0705. The number of aliphatic hydroxyl groups excluding tert-OH is 1. The molecule has 7 nitrogen and oxygen atoms in total. The molecule has 2 N–H and O–H groups in total. The maximum absolute atomic E-state index is 10.7. The molecule has 0 fully saturated rings. The van der Waals surface area contributed by atoms with Crippen LogP contribution in [-0.2, 0) is 7.05 Å². The van der Waals surface area contributed by atoms with E-state index in [0.717, 1.165) is 16.6 Å². The summed E-state index contributed by atoms with van der Waals surface area (Å²) in [5, 5.41) is 19.9. The average Bonchev–Trinajstić information content (AvgIpc) is 3.16. The third-order valence-corrected chi connectivity index (χ3v) is 5.40. The second kappa shape index (κ2) is 7.00. The third kappa shape index (κ3) is 2.98. The molecule has 2 heterocycles. The zero-order valence-corrected chi connectivity index (χ0v) is 17.3. The fourth-order valence-corrected chi connectivity index (χ4v) is 3.84. The lowest BCUT2D eigenvalue weighted by atomic mass is 10.2. The number of nitrogens with one attached hydrogen (secondary N) is 1. The highest BCUT2D eigenvalue weighted by atomic mass is 35.5. The Morgan fingerprint density at radius 2 is 1.86 bits per heavy atom. The van der Waals surface area contributed by atoms with Crippen molar-refractivity contribution in [2.75, 3.05) is 25.7 Å². The molecular formula is C21H21ClN4O3. The molecular weight excluding hydrogens is 392 g/mol. The van der Waals surface area contributed by atoms with E-state index in [1.807, 2.05) is 36.7 Å². The number of hydrogen-bond acceptors (Lipinski definition) is 5. The summed E-state index contributed by atoms with van der Waals surface area (Å²) in [5.74, 6) is 1.67. The summed E-state index contributed by atoms with van der Waals surface area (Å²) in [4.78, 5) is 6.32. The fourth-order valence-electron chi connectivity index (χ4n) is 3.61. The van der Waals surface area contributed by atoms with Gasteiger partial charge in [0.15, 0.2) is 0 Å². The zero-order chi connectivity index (χ0) is 20.9. The number of ether oxygens (including phenoxy) is 2. The maximum atomic E-state index is 10.7. The largest absolute Gasteiger partial charge is 0.509 e. The van der Waals surface area contributed by atoms with Crippen molar-refractivity contribution in [3.63, 3.8) is 0 Å². The summed E-state index contributed by atoms with van der Waals surface area (Å²) in [6.45, 7) is 2.13. The van der Waals surface area contributed by atoms with Crippen LogP contribution in [0.25, 0.3) is 16.6 Å². The molecule has 8 heteroatoms. The Labute approximate surface area is 173 Å². The van der Waals surface area contributed by atoms with Crippen LogP contribution in [0, 0.1) is 12.3 Å². The first-order chi connectivity index (χ1) is 13.8. The number of rotatable bonds is 4. The first kappa shape index (κ1) is 19.1. The molecule has 29 heavy (non-hydrogen) atoms. The SMILES string of the molecule is COc1cc(N2CC(O)=C(c3nc4cc(C)ccc4n3C)C2=N)c(OC)cc1Cl. The number of imidazole rings is 1. The van der Waals surface area contributed by atoms with Crippen LogP contribution in [0.5, 0.6) is 11.5 Å². The van der Waals surface area contributed by atoms with Crippen molar-refractivity contribution >= 4 is 39.7 Å². The molecule has 150 valence electrons. The molecule has 0 saturated heterocycles. The van der Waals surface area contributed by atoms with Crippen molar-refractivity contribution < 1.29 is 14.6 Å². The van der Waals surface area contributed by atoms with E-state index in [9.17, 15) is 5.11 Å². The Morgan fingerprint density at radius 3 is 2.55 bits per heavy atom. The van der Waals surface area contributed by atoms with Crippen molar-refractivity contribution in [1.29, 1.82) is 5.41 Å². The number of hydrogen-bond donors (Lipinski definition) is 2. The first-order valence-corrected chi connectivity index (χ1v) is 9.37. The minimum Gasteiger partial charge on any atom is -0.509 e. The number of aliphatic hydroxyl groups is 1. The van der Waals surface area contributed by atoms with E-state index in [2.05, 4.69) is 4.98 Å². The topological polar surface area (TPSA) is 83.6 Å². The minimum absolute atomic E-state index is 0.0705. The quantitative estimate of drug-likeness (QED) is 0.666. The molecule has 2 aromatic carbocycles. The molecule has 0 spiro atoms. The first-order valence-electron chi connectivity index (χ1n) is 8.99. The van der Waals surface area contributed by atoms with E-state index >= 15 is 0 Å². The molecule has 0 bridgehead atoms. The molecule has 1 aliphatic rings. The summed E-state index contributed by atoms with van der Waals surface area (Å²) < 4.78 is 12.6. The Balaban J connectivity index is 1.80. The predicted molar refractivity (Wildman–Crippen MR) is 115 cm³/mol. The van der Waals surface area contributed by atoms with Gasteiger partial charge in [-0.1, -0.05) is 17.7 Å². The van der Waals surface area contributed by atoms with Crippen LogP contribution in [0.4, 0.5) is 5.69 Å². The smallest absolute Gasteiger partial charge is 0.148 e. The number of fused-ring (bicyclic) bond motifs is 1. The predicted octanol–water partition coefficient (Wildman–Crippen LogP) is 4.32. The molecule has 0 unspecified atom stereocenters. The van der Waals surface area contributed by atoms with Gasteiger partial charge in [0.25, 0.3) is 0 Å². The monoisotopic (exact) mass is 412 g/mol. The molecule has 4 rings (SSSR count). The van der Waals surface area contributed by atoms with E-state index in [-0.39, 0.29) is 18.1 Å². The van der Waals surface area contributed by atoms with E-state index in [1.165, 1.54) is 14.2 Å². The van der Waals surface area contributed by atoms with Crippen LogP contribution in [-0.4, -0.2) is 41.3 Å². The van der Waals surface area contributed by atoms with Gasteiger partial charge < -0.3 is 24.0 Å².